The van der Waals surface area contributed by atoms with Gasteiger partial charge in [0.1, 0.15) is 11.5 Å². The summed E-state index contributed by atoms with van der Waals surface area (Å²) in [6.45, 7) is 5.25. The molecule has 126 valence electrons. The number of hydrazine groups is 1. The van der Waals surface area contributed by atoms with Gasteiger partial charge in [-0.25, -0.2) is 0 Å². The van der Waals surface area contributed by atoms with Crippen LogP contribution in [0, 0.1) is 13.8 Å². The van der Waals surface area contributed by atoms with Crippen LogP contribution in [0.1, 0.15) is 44.7 Å². The number of benzene rings is 1. The smallest absolute Gasteiger partial charge is 0.273 e. The summed E-state index contributed by atoms with van der Waals surface area (Å²) in [7, 11) is 0. The summed E-state index contributed by atoms with van der Waals surface area (Å²) in [5.74, 6) is 0.108. The number of furan rings is 1. The maximum absolute atomic E-state index is 12.0. The molecular weight excluding hydrogens is 310 g/mol. The second-order valence-electron chi connectivity index (χ2n) is 5.34. The standard InChI is InChI=1S/C17H19N3O4/c1-10-8-15(11(2)24-10)17(23)20-19-16(22)14-6-4-13(5-7-14)9-18-12(3)21/h4-8H,9H2,1-3H3,(H,18,21)(H,19,22)(H,20,23). The van der Waals surface area contributed by atoms with Crippen molar-refractivity contribution in [2.45, 2.75) is 27.3 Å². The van der Waals surface area contributed by atoms with Gasteiger partial charge in [-0.3, -0.25) is 25.2 Å². The Kier molecular flexibility index (Phi) is 5.36. The summed E-state index contributed by atoms with van der Waals surface area (Å²) >= 11 is 0. The molecule has 0 saturated carbocycles. The summed E-state index contributed by atoms with van der Waals surface area (Å²) in [6, 6.07) is 8.30. The lowest BCUT2D eigenvalue weighted by atomic mass is 10.1. The molecule has 7 nitrogen and oxygen atoms in total. The van der Waals surface area contributed by atoms with Crippen LogP contribution in [0.5, 0.6) is 0 Å². The number of carbonyl (C=O) groups excluding carboxylic acids is 3. The van der Waals surface area contributed by atoms with E-state index in [0.717, 1.165) is 5.56 Å². The third-order valence-electron chi connectivity index (χ3n) is 3.33. The lowest BCUT2D eigenvalue weighted by Crippen LogP contribution is -2.41. The Morgan fingerprint density at radius 2 is 1.62 bits per heavy atom. The van der Waals surface area contributed by atoms with Gasteiger partial charge in [-0.05, 0) is 37.6 Å². The van der Waals surface area contributed by atoms with Gasteiger partial charge in [0, 0.05) is 19.0 Å². The molecule has 0 aliphatic heterocycles. The summed E-state index contributed by atoms with van der Waals surface area (Å²) in [5, 5.41) is 2.67. The third-order valence-corrected chi connectivity index (χ3v) is 3.33. The summed E-state index contributed by atoms with van der Waals surface area (Å²) in [6.07, 6.45) is 0. The van der Waals surface area contributed by atoms with E-state index in [2.05, 4.69) is 16.2 Å². The fourth-order valence-electron chi connectivity index (χ4n) is 2.11. The predicted molar refractivity (Wildman–Crippen MR) is 87.1 cm³/mol. The van der Waals surface area contributed by atoms with Gasteiger partial charge >= 0.3 is 0 Å². The Morgan fingerprint density at radius 1 is 1.00 bits per heavy atom. The maximum atomic E-state index is 12.0. The van der Waals surface area contributed by atoms with Gasteiger partial charge in [-0.2, -0.15) is 0 Å². The van der Waals surface area contributed by atoms with E-state index in [1.54, 1.807) is 44.2 Å². The van der Waals surface area contributed by atoms with Crippen LogP contribution in [0.2, 0.25) is 0 Å². The second-order valence-corrected chi connectivity index (χ2v) is 5.34. The first-order valence-corrected chi connectivity index (χ1v) is 7.38. The first-order chi connectivity index (χ1) is 11.4. The minimum Gasteiger partial charge on any atom is -0.466 e. The molecule has 24 heavy (non-hydrogen) atoms. The summed E-state index contributed by atoms with van der Waals surface area (Å²) in [5.41, 5.74) is 6.34. The normalized spacial score (nSPS) is 10.1. The number of carbonyl (C=O) groups is 3. The quantitative estimate of drug-likeness (QED) is 0.742. The SMILES string of the molecule is CC(=O)NCc1ccc(C(=O)NNC(=O)c2cc(C)oc2C)cc1. The Hall–Kier alpha value is -3.09. The van der Waals surface area contributed by atoms with Gasteiger partial charge in [0.15, 0.2) is 0 Å². The Morgan fingerprint density at radius 3 is 2.17 bits per heavy atom. The molecule has 0 saturated heterocycles. The van der Waals surface area contributed by atoms with Crippen LogP contribution in [-0.4, -0.2) is 17.7 Å². The molecule has 0 aliphatic rings. The first kappa shape index (κ1) is 17.3. The molecule has 0 spiro atoms. The molecule has 0 radical (unpaired) electrons. The minimum absolute atomic E-state index is 0.121. The van der Waals surface area contributed by atoms with E-state index >= 15 is 0 Å². The molecule has 2 rings (SSSR count). The Balaban J connectivity index is 1.91. The van der Waals surface area contributed by atoms with Crippen LogP contribution in [0.25, 0.3) is 0 Å². The molecule has 1 aromatic carbocycles. The topological polar surface area (TPSA) is 100 Å². The summed E-state index contributed by atoms with van der Waals surface area (Å²) in [4.78, 5) is 34.9. The number of amides is 3. The molecule has 0 aliphatic carbocycles. The van der Waals surface area contributed by atoms with Crippen molar-refractivity contribution in [3.63, 3.8) is 0 Å². The lowest BCUT2D eigenvalue weighted by molar-refractivity contribution is -0.119. The highest BCUT2D eigenvalue weighted by atomic mass is 16.3. The van der Waals surface area contributed by atoms with Crippen LogP contribution in [0.15, 0.2) is 34.7 Å². The van der Waals surface area contributed by atoms with Gasteiger partial charge in [0.2, 0.25) is 5.91 Å². The molecule has 1 aromatic heterocycles. The zero-order valence-electron chi connectivity index (χ0n) is 13.7. The molecule has 0 atom stereocenters. The van der Waals surface area contributed by atoms with E-state index in [1.165, 1.54) is 6.92 Å². The van der Waals surface area contributed by atoms with Crippen molar-refractivity contribution in [2.24, 2.45) is 0 Å². The van der Waals surface area contributed by atoms with Crippen molar-refractivity contribution in [1.29, 1.82) is 0 Å². The van der Waals surface area contributed by atoms with E-state index in [-0.39, 0.29) is 5.91 Å². The van der Waals surface area contributed by atoms with Gasteiger partial charge in [0.05, 0.1) is 5.56 Å². The zero-order chi connectivity index (χ0) is 17.7. The van der Waals surface area contributed by atoms with E-state index in [9.17, 15) is 14.4 Å². The van der Waals surface area contributed by atoms with Gasteiger partial charge in [-0.15, -0.1) is 0 Å². The Bertz CT molecular complexity index is 763. The molecule has 3 amide bonds. The number of aryl methyl sites for hydroxylation is 2. The second kappa shape index (κ2) is 7.45. The highest BCUT2D eigenvalue weighted by molar-refractivity contribution is 5.99. The first-order valence-electron chi connectivity index (χ1n) is 7.38. The molecule has 0 bridgehead atoms. The average Bonchev–Trinajstić information content (AvgIpc) is 2.89. The van der Waals surface area contributed by atoms with E-state index in [4.69, 9.17) is 4.42 Å². The van der Waals surface area contributed by atoms with Gasteiger partial charge in [0.25, 0.3) is 11.8 Å². The molecule has 0 unspecified atom stereocenters. The van der Waals surface area contributed by atoms with E-state index < -0.39 is 11.8 Å². The highest BCUT2D eigenvalue weighted by Gasteiger charge is 2.14. The summed E-state index contributed by atoms with van der Waals surface area (Å²) < 4.78 is 5.28. The molecule has 3 N–H and O–H groups in total. The van der Waals surface area contributed by atoms with E-state index in [1.807, 2.05) is 0 Å². The molecule has 2 aromatic rings. The number of rotatable bonds is 4. The van der Waals surface area contributed by atoms with Crippen molar-refractivity contribution >= 4 is 17.7 Å². The minimum atomic E-state index is -0.444. The maximum Gasteiger partial charge on any atom is 0.273 e. The highest BCUT2D eigenvalue weighted by Crippen LogP contribution is 2.13. The van der Waals surface area contributed by atoms with Crippen molar-refractivity contribution in [2.75, 3.05) is 0 Å². The van der Waals surface area contributed by atoms with Crippen LogP contribution in [0.3, 0.4) is 0 Å². The van der Waals surface area contributed by atoms with Crippen LogP contribution >= 0.6 is 0 Å². The monoisotopic (exact) mass is 329 g/mol. The van der Waals surface area contributed by atoms with Crippen molar-refractivity contribution < 1.29 is 18.8 Å². The number of hydrogen-bond donors (Lipinski definition) is 3. The Labute approximate surface area is 139 Å². The largest absolute Gasteiger partial charge is 0.466 e. The molecule has 7 heteroatoms. The molecular formula is C17H19N3O4. The number of hydrogen-bond acceptors (Lipinski definition) is 4. The third kappa shape index (κ3) is 4.45. The van der Waals surface area contributed by atoms with Crippen molar-refractivity contribution in [3.05, 3.63) is 58.5 Å². The fourth-order valence-corrected chi connectivity index (χ4v) is 2.11. The predicted octanol–water partition coefficient (Wildman–Crippen LogP) is 1.61. The van der Waals surface area contributed by atoms with Crippen LogP contribution < -0.4 is 16.2 Å². The fraction of sp³-hybridized carbons (Fsp3) is 0.235. The van der Waals surface area contributed by atoms with Crippen molar-refractivity contribution in [1.82, 2.24) is 16.2 Å². The van der Waals surface area contributed by atoms with E-state index in [0.29, 0.717) is 29.2 Å². The van der Waals surface area contributed by atoms with Gasteiger partial charge in [-0.1, -0.05) is 12.1 Å². The zero-order valence-corrected chi connectivity index (χ0v) is 13.7. The average molecular weight is 329 g/mol. The van der Waals surface area contributed by atoms with Crippen molar-refractivity contribution in [3.8, 4) is 0 Å². The van der Waals surface area contributed by atoms with Gasteiger partial charge < -0.3 is 9.73 Å². The van der Waals surface area contributed by atoms with Crippen LogP contribution in [0.4, 0.5) is 0 Å². The van der Waals surface area contributed by atoms with Crippen LogP contribution in [-0.2, 0) is 11.3 Å². The number of nitrogens with one attached hydrogen (secondary N) is 3. The molecule has 1 heterocycles. The molecule has 0 fully saturated rings. The lowest BCUT2D eigenvalue weighted by Gasteiger charge is -2.08.